The number of imidazole rings is 1. The highest BCUT2D eigenvalue weighted by atomic mass is 32.2. The Morgan fingerprint density at radius 2 is 2.25 bits per heavy atom. The summed E-state index contributed by atoms with van der Waals surface area (Å²) in [5.41, 5.74) is 7.99. The third-order valence-corrected chi connectivity index (χ3v) is 3.51. The number of benzene rings is 1. The first-order valence-corrected chi connectivity index (χ1v) is 6.10. The van der Waals surface area contributed by atoms with Crippen LogP contribution in [-0.4, -0.2) is 9.55 Å². The Labute approximate surface area is 99.7 Å². The Balaban J connectivity index is 2.10. The predicted molar refractivity (Wildman–Crippen MR) is 68.4 cm³/mol. The van der Waals surface area contributed by atoms with Gasteiger partial charge in [0, 0.05) is 30.0 Å². The molecule has 0 saturated carbocycles. The van der Waals surface area contributed by atoms with Gasteiger partial charge in [0.25, 0.3) is 0 Å². The number of nitrogen functional groups attached to an aromatic ring is 1. The van der Waals surface area contributed by atoms with E-state index in [0.29, 0.717) is 0 Å². The molecule has 0 atom stereocenters. The second-order valence-corrected chi connectivity index (χ2v) is 4.80. The topological polar surface area (TPSA) is 43.8 Å². The van der Waals surface area contributed by atoms with E-state index in [4.69, 9.17) is 5.73 Å². The van der Waals surface area contributed by atoms with Crippen molar-refractivity contribution in [3.63, 3.8) is 0 Å². The lowest BCUT2D eigenvalue weighted by molar-refractivity contribution is 0.849. The highest BCUT2D eigenvalue weighted by Gasteiger charge is 2.03. The normalized spacial score (nSPS) is 10.6. The zero-order valence-electron chi connectivity index (χ0n) is 9.47. The summed E-state index contributed by atoms with van der Waals surface area (Å²) >= 11 is 1.72. The summed E-state index contributed by atoms with van der Waals surface area (Å²) in [5.74, 6) is 1.91. The molecular weight excluding hydrogens is 218 g/mol. The van der Waals surface area contributed by atoms with Gasteiger partial charge in [-0.2, -0.15) is 0 Å². The molecule has 0 amide bonds. The largest absolute Gasteiger partial charge is 0.398 e. The highest BCUT2D eigenvalue weighted by molar-refractivity contribution is 7.98. The number of nitrogens with two attached hydrogens (primary N) is 1. The van der Waals surface area contributed by atoms with Crippen LogP contribution in [0.1, 0.15) is 11.4 Å². The molecule has 2 rings (SSSR count). The van der Waals surface area contributed by atoms with Crippen molar-refractivity contribution in [1.29, 1.82) is 0 Å². The van der Waals surface area contributed by atoms with E-state index in [-0.39, 0.29) is 0 Å². The van der Waals surface area contributed by atoms with Gasteiger partial charge in [-0.25, -0.2) is 4.98 Å². The van der Waals surface area contributed by atoms with Crippen molar-refractivity contribution in [2.24, 2.45) is 7.05 Å². The minimum absolute atomic E-state index is 0.838. The van der Waals surface area contributed by atoms with Crippen LogP contribution in [0.2, 0.25) is 0 Å². The van der Waals surface area contributed by atoms with E-state index >= 15 is 0 Å². The molecule has 0 unspecified atom stereocenters. The van der Waals surface area contributed by atoms with Crippen LogP contribution in [0, 0.1) is 6.92 Å². The molecule has 2 N–H and O–H groups in total. The maximum Gasteiger partial charge on any atom is 0.118 e. The molecule has 0 saturated heterocycles. The van der Waals surface area contributed by atoms with E-state index in [1.54, 1.807) is 11.8 Å². The third-order valence-electron chi connectivity index (χ3n) is 2.45. The lowest BCUT2D eigenvalue weighted by Gasteiger charge is -2.06. The molecule has 0 radical (unpaired) electrons. The van der Waals surface area contributed by atoms with Gasteiger partial charge in [0.1, 0.15) is 5.82 Å². The maximum atomic E-state index is 5.92. The Morgan fingerprint density at radius 3 is 2.94 bits per heavy atom. The third kappa shape index (κ3) is 2.39. The predicted octanol–water partition coefficient (Wildman–Crippen LogP) is 2.60. The monoisotopic (exact) mass is 233 g/mol. The molecular formula is C12H15N3S. The lowest BCUT2D eigenvalue weighted by atomic mass is 10.2. The van der Waals surface area contributed by atoms with Gasteiger partial charge >= 0.3 is 0 Å². The maximum absolute atomic E-state index is 5.92. The molecule has 4 heteroatoms. The number of nitrogens with zero attached hydrogens (tertiary/aromatic N) is 2. The summed E-state index contributed by atoms with van der Waals surface area (Å²) in [5, 5.41) is 0. The fraction of sp³-hybridized carbons (Fsp3) is 0.250. The molecule has 84 valence electrons. The Kier molecular flexibility index (Phi) is 3.19. The van der Waals surface area contributed by atoms with E-state index in [1.165, 1.54) is 5.56 Å². The molecule has 3 nitrogen and oxygen atoms in total. The molecule has 1 aromatic heterocycles. The fourth-order valence-electron chi connectivity index (χ4n) is 1.44. The fourth-order valence-corrected chi connectivity index (χ4v) is 2.51. The van der Waals surface area contributed by atoms with E-state index in [1.807, 2.05) is 36.1 Å². The summed E-state index contributed by atoms with van der Waals surface area (Å²) in [6.07, 6.45) is 3.77. The average Bonchev–Trinajstić information content (AvgIpc) is 2.66. The Bertz CT molecular complexity index is 491. The van der Waals surface area contributed by atoms with Crippen molar-refractivity contribution in [1.82, 2.24) is 9.55 Å². The average molecular weight is 233 g/mol. The minimum Gasteiger partial charge on any atom is -0.398 e. The number of aryl methyl sites for hydroxylation is 2. The number of rotatable bonds is 3. The number of anilines is 1. The van der Waals surface area contributed by atoms with Crippen molar-refractivity contribution < 1.29 is 0 Å². The van der Waals surface area contributed by atoms with Gasteiger partial charge in [-0.3, -0.25) is 0 Å². The first-order valence-electron chi connectivity index (χ1n) is 5.12. The number of hydrogen-bond acceptors (Lipinski definition) is 3. The Hall–Kier alpha value is -1.42. The second-order valence-electron chi connectivity index (χ2n) is 3.78. The van der Waals surface area contributed by atoms with Crippen molar-refractivity contribution in [2.75, 3.05) is 5.73 Å². The van der Waals surface area contributed by atoms with Gasteiger partial charge in [0.05, 0.1) is 5.75 Å². The number of hydrogen-bond donors (Lipinski definition) is 1. The van der Waals surface area contributed by atoms with Crippen molar-refractivity contribution in [2.45, 2.75) is 17.6 Å². The SMILES string of the molecule is Cc1ccc(N)c(SCc2nccn2C)c1. The Morgan fingerprint density at radius 1 is 1.44 bits per heavy atom. The second kappa shape index (κ2) is 4.61. The van der Waals surface area contributed by atoms with Gasteiger partial charge < -0.3 is 10.3 Å². The molecule has 0 spiro atoms. The van der Waals surface area contributed by atoms with Crippen molar-refractivity contribution in [3.05, 3.63) is 42.0 Å². The highest BCUT2D eigenvalue weighted by Crippen LogP contribution is 2.28. The van der Waals surface area contributed by atoms with Gasteiger partial charge in [0.15, 0.2) is 0 Å². The summed E-state index contributed by atoms with van der Waals surface area (Å²) < 4.78 is 2.03. The number of aromatic nitrogens is 2. The smallest absolute Gasteiger partial charge is 0.118 e. The van der Waals surface area contributed by atoms with Gasteiger partial charge in [-0.1, -0.05) is 6.07 Å². The zero-order valence-corrected chi connectivity index (χ0v) is 10.3. The molecule has 0 bridgehead atoms. The van der Waals surface area contributed by atoms with Crippen molar-refractivity contribution in [3.8, 4) is 0 Å². The molecule has 0 aliphatic rings. The molecule has 16 heavy (non-hydrogen) atoms. The first-order chi connectivity index (χ1) is 7.66. The van der Waals surface area contributed by atoms with Crippen LogP contribution in [0.4, 0.5) is 5.69 Å². The van der Waals surface area contributed by atoms with Crippen molar-refractivity contribution >= 4 is 17.4 Å². The molecule has 0 aliphatic heterocycles. The van der Waals surface area contributed by atoms with Crippen LogP contribution in [0.25, 0.3) is 0 Å². The van der Waals surface area contributed by atoms with Crippen LogP contribution < -0.4 is 5.73 Å². The molecule has 1 heterocycles. The van der Waals surface area contributed by atoms with Crippen LogP contribution >= 0.6 is 11.8 Å². The molecule has 0 aliphatic carbocycles. The van der Waals surface area contributed by atoms with Crippen LogP contribution in [0.15, 0.2) is 35.5 Å². The van der Waals surface area contributed by atoms with Gasteiger partial charge in [0.2, 0.25) is 0 Å². The van der Waals surface area contributed by atoms with Crippen LogP contribution in [0.5, 0.6) is 0 Å². The zero-order chi connectivity index (χ0) is 11.5. The molecule has 0 fully saturated rings. The van der Waals surface area contributed by atoms with E-state index in [0.717, 1.165) is 22.2 Å². The minimum atomic E-state index is 0.838. The van der Waals surface area contributed by atoms with Gasteiger partial charge in [-0.15, -0.1) is 11.8 Å². The van der Waals surface area contributed by atoms with E-state index in [9.17, 15) is 0 Å². The van der Waals surface area contributed by atoms with Crippen LogP contribution in [-0.2, 0) is 12.8 Å². The molecule has 1 aromatic carbocycles. The molecule has 2 aromatic rings. The van der Waals surface area contributed by atoms with Gasteiger partial charge in [-0.05, 0) is 24.6 Å². The van der Waals surface area contributed by atoms with Crippen LogP contribution in [0.3, 0.4) is 0 Å². The summed E-state index contributed by atoms with van der Waals surface area (Å²) in [7, 11) is 2.00. The quantitative estimate of drug-likeness (QED) is 0.654. The first kappa shape index (κ1) is 11.1. The lowest BCUT2D eigenvalue weighted by Crippen LogP contribution is -1.95. The summed E-state index contributed by atoms with van der Waals surface area (Å²) in [6.45, 7) is 2.07. The summed E-state index contributed by atoms with van der Waals surface area (Å²) in [6, 6.07) is 6.10. The van der Waals surface area contributed by atoms with E-state index < -0.39 is 0 Å². The standard InChI is InChI=1S/C12H15N3S/c1-9-3-4-10(13)11(7-9)16-8-12-14-5-6-15(12)2/h3-7H,8,13H2,1-2H3. The summed E-state index contributed by atoms with van der Waals surface area (Å²) in [4.78, 5) is 5.41. The van der Waals surface area contributed by atoms with E-state index in [2.05, 4.69) is 18.0 Å². The number of thioether (sulfide) groups is 1.